The maximum Gasteiger partial charge on any atom is 0.0695 e. The number of piperidine rings is 1. The van der Waals surface area contributed by atoms with Crippen LogP contribution in [0.1, 0.15) is 44.9 Å². The quantitative estimate of drug-likeness (QED) is 0.736. The van der Waals surface area contributed by atoms with Crippen LogP contribution in [0.15, 0.2) is 0 Å². The van der Waals surface area contributed by atoms with Crippen molar-refractivity contribution in [2.24, 2.45) is 5.73 Å². The molecular weight excluding hydrogens is 188 g/mol. The van der Waals surface area contributed by atoms with E-state index in [9.17, 15) is 5.11 Å². The fraction of sp³-hybridized carbons (Fsp3) is 1.00. The molecule has 2 fully saturated rings. The number of aliphatic hydroxyl groups is 1. The van der Waals surface area contributed by atoms with Gasteiger partial charge in [-0.25, -0.2) is 0 Å². The van der Waals surface area contributed by atoms with E-state index in [1.165, 1.54) is 38.6 Å². The largest absolute Gasteiger partial charge is 0.391 e. The van der Waals surface area contributed by atoms with Gasteiger partial charge in [0.05, 0.1) is 6.10 Å². The Labute approximate surface area is 92.6 Å². The predicted octanol–water partition coefficient (Wildman–Crippen LogP) is 1.10. The number of nitrogens with zero attached hydrogens (tertiary/aromatic N) is 1. The van der Waals surface area contributed by atoms with Gasteiger partial charge in [0.25, 0.3) is 0 Å². The van der Waals surface area contributed by atoms with Gasteiger partial charge in [-0.1, -0.05) is 6.42 Å². The van der Waals surface area contributed by atoms with Crippen LogP contribution in [0.5, 0.6) is 0 Å². The van der Waals surface area contributed by atoms with E-state index in [1.54, 1.807) is 0 Å². The summed E-state index contributed by atoms with van der Waals surface area (Å²) in [6, 6.07) is 1.07. The van der Waals surface area contributed by atoms with Gasteiger partial charge in [-0.15, -0.1) is 0 Å². The molecule has 3 heteroatoms. The van der Waals surface area contributed by atoms with Crippen LogP contribution in [-0.4, -0.2) is 41.3 Å². The minimum Gasteiger partial charge on any atom is -0.391 e. The van der Waals surface area contributed by atoms with Gasteiger partial charge in [0.2, 0.25) is 0 Å². The van der Waals surface area contributed by atoms with Gasteiger partial charge in [0.15, 0.2) is 0 Å². The summed E-state index contributed by atoms with van der Waals surface area (Å²) in [6.45, 7) is 1.95. The normalized spacial score (nSPS) is 38.4. The van der Waals surface area contributed by atoms with Gasteiger partial charge in [0.1, 0.15) is 0 Å². The smallest absolute Gasteiger partial charge is 0.0695 e. The number of hydrogen-bond donors (Lipinski definition) is 2. The van der Waals surface area contributed by atoms with Crippen molar-refractivity contribution in [3.8, 4) is 0 Å². The highest BCUT2D eigenvalue weighted by molar-refractivity contribution is 4.90. The zero-order valence-electron chi connectivity index (χ0n) is 9.57. The molecule has 0 aromatic carbocycles. The van der Waals surface area contributed by atoms with E-state index in [0.29, 0.717) is 12.1 Å². The molecule has 0 aromatic heterocycles. The molecule has 1 aliphatic carbocycles. The summed E-state index contributed by atoms with van der Waals surface area (Å²) in [5.41, 5.74) is 5.67. The molecule has 0 radical (unpaired) electrons. The minimum atomic E-state index is -0.0802. The lowest BCUT2D eigenvalue weighted by Gasteiger charge is -2.41. The molecule has 1 saturated carbocycles. The molecule has 15 heavy (non-hydrogen) atoms. The highest BCUT2D eigenvalue weighted by Crippen LogP contribution is 2.30. The zero-order valence-corrected chi connectivity index (χ0v) is 9.57. The molecule has 1 heterocycles. The van der Waals surface area contributed by atoms with Crippen molar-refractivity contribution in [2.75, 3.05) is 13.1 Å². The highest BCUT2D eigenvalue weighted by Gasteiger charge is 2.35. The van der Waals surface area contributed by atoms with E-state index >= 15 is 0 Å². The van der Waals surface area contributed by atoms with Gasteiger partial charge in [-0.2, -0.15) is 0 Å². The molecule has 2 rings (SSSR count). The van der Waals surface area contributed by atoms with E-state index in [0.717, 1.165) is 19.4 Å². The maximum absolute atomic E-state index is 9.95. The number of hydrogen-bond acceptors (Lipinski definition) is 3. The van der Waals surface area contributed by atoms with Crippen molar-refractivity contribution in [3.63, 3.8) is 0 Å². The Morgan fingerprint density at radius 3 is 2.67 bits per heavy atom. The van der Waals surface area contributed by atoms with Gasteiger partial charge in [-0.3, -0.25) is 4.90 Å². The minimum absolute atomic E-state index is 0.0802. The van der Waals surface area contributed by atoms with Crippen molar-refractivity contribution in [1.82, 2.24) is 4.90 Å². The standard InChI is InChI=1S/C12H24N2O/c13-8-7-10-4-1-2-9-14(10)11-5-3-6-12(11)15/h10-12,15H,1-9,13H2. The first kappa shape index (κ1) is 11.4. The Bertz CT molecular complexity index is 196. The number of aliphatic hydroxyl groups excluding tert-OH is 1. The average molecular weight is 212 g/mol. The summed E-state index contributed by atoms with van der Waals surface area (Å²) in [7, 11) is 0. The third kappa shape index (κ3) is 2.52. The Morgan fingerprint density at radius 1 is 1.13 bits per heavy atom. The summed E-state index contributed by atoms with van der Waals surface area (Å²) in [5, 5.41) is 9.95. The van der Waals surface area contributed by atoms with Crippen LogP contribution in [0.25, 0.3) is 0 Å². The lowest BCUT2D eigenvalue weighted by molar-refractivity contribution is 0.0229. The van der Waals surface area contributed by atoms with Crippen LogP contribution >= 0.6 is 0 Å². The van der Waals surface area contributed by atoms with Gasteiger partial charge < -0.3 is 10.8 Å². The molecule has 0 spiro atoms. The Balaban J connectivity index is 1.97. The van der Waals surface area contributed by atoms with E-state index in [1.807, 2.05) is 0 Å². The molecule has 0 amide bonds. The monoisotopic (exact) mass is 212 g/mol. The third-order valence-electron chi connectivity index (χ3n) is 4.04. The van der Waals surface area contributed by atoms with Crippen molar-refractivity contribution in [1.29, 1.82) is 0 Å². The molecule has 3 N–H and O–H groups in total. The van der Waals surface area contributed by atoms with Crippen LogP contribution in [-0.2, 0) is 0 Å². The first-order valence-corrected chi connectivity index (χ1v) is 6.47. The molecular formula is C12H24N2O. The lowest BCUT2D eigenvalue weighted by Crippen LogP contribution is -2.49. The Kier molecular flexibility index (Phi) is 4.00. The van der Waals surface area contributed by atoms with Crippen molar-refractivity contribution in [2.45, 2.75) is 63.1 Å². The Morgan fingerprint density at radius 2 is 2.00 bits per heavy atom. The highest BCUT2D eigenvalue weighted by atomic mass is 16.3. The second-order valence-corrected chi connectivity index (χ2v) is 5.03. The lowest BCUT2D eigenvalue weighted by atomic mass is 9.96. The maximum atomic E-state index is 9.95. The van der Waals surface area contributed by atoms with E-state index in [4.69, 9.17) is 5.73 Å². The topological polar surface area (TPSA) is 49.5 Å². The number of nitrogens with two attached hydrogens (primary N) is 1. The second kappa shape index (κ2) is 5.28. The van der Waals surface area contributed by atoms with Crippen molar-refractivity contribution < 1.29 is 5.11 Å². The fourth-order valence-electron chi connectivity index (χ4n) is 3.27. The van der Waals surface area contributed by atoms with Gasteiger partial charge >= 0.3 is 0 Å². The molecule has 1 saturated heterocycles. The molecule has 3 unspecified atom stereocenters. The van der Waals surface area contributed by atoms with Crippen LogP contribution in [0.2, 0.25) is 0 Å². The van der Waals surface area contributed by atoms with Crippen LogP contribution in [0.4, 0.5) is 0 Å². The van der Waals surface area contributed by atoms with Crippen LogP contribution < -0.4 is 5.73 Å². The first-order valence-electron chi connectivity index (χ1n) is 6.47. The van der Waals surface area contributed by atoms with Crippen molar-refractivity contribution in [3.05, 3.63) is 0 Å². The predicted molar refractivity (Wildman–Crippen MR) is 61.7 cm³/mol. The third-order valence-corrected chi connectivity index (χ3v) is 4.04. The molecule has 1 aliphatic heterocycles. The fourth-order valence-corrected chi connectivity index (χ4v) is 3.27. The first-order chi connectivity index (χ1) is 7.33. The van der Waals surface area contributed by atoms with Gasteiger partial charge in [0, 0.05) is 12.1 Å². The van der Waals surface area contributed by atoms with Crippen molar-refractivity contribution >= 4 is 0 Å². The molecule has 88 valence electrons. The van der Waals surface area contributed by atoms with E-state index < -0.39 is 0 Å². The summed E-state index contributed by atoms with van der Waals surface area (Å²) >= 11 is 0. The van der Waals surface area contributed by atoms with Gasteiger partial charge in [-0.05, 0) is 51.6 Å². The summed E-state index contributed by atoms with van der Waals surface area (Å²) in [6.07, 6.45) is 8.30. The zero-order chi connectivity index (χ0) is 10.7. The number of rotatable bonds is 3. The summed E-state index contributed by atoms with van der Waals surface area (Å²) < 4.78 is 0. The molecule has 0 aromatic rings. The van der Waals surface area contributed by atoms with E-state index in [-0.39, 0.29) is 6.10 Å². The molecule has 3 atom stereocenters. The number of likely N-dealkylation sites (tertiary alicyclic amines) is 1. The van der Waals surface area contributed by atoms with Crippen LogP contribution in [0, 0.1) is 0 Å². The molecule has 0 bridgehead atoms. The van der Waals surface area contributed by atoms with E-state index in [2.05, 4.69) is 4.90 Å². The summed E-state index contributed by atoms with van der Waals surface area (Å²) in [5.74, 6) is 0. The molecule has 2 aliphatic rings. The SMILES string of the molecule is NCCC1CCCCN1C1CCCC1O. The van der Waals surface area contributed by atoms with Crippen LogP contribution in [0.3, 0.4) is 0 Å². The average Bonchev–Trinajstić information content (AvgIpc) is 2.66. The summed E-state index contributed by atoms with van der Waals surface area (Å²) in [4.78, 5) is 2.55. The Hall–Kier alpha value is -0.120. The molecule has 3 nitrogen and oxygen atoms in total. The second-order valence-electron chi connectivity index (χ2n) is 5.03.